The average molecular weight is 307 g/mol. The summed E-state index contributed by atoms with van der Waals surface area (Å²) < 4.78 is 5.60. The van der Waals surface area contributed by atoms with Crippen LogP contribution in [0.2, 0.25) is 0 Å². The minimum atomic E-state index is -0.271. The third kappa shape index (κ3) is 7.08. The van der Waals surface area contributed by atoms with Crippen molar-refractivity contribution in [3.63, 3.8) is 0 Å². The number of para-hydroxylation sites is 1. The van der Waals surface area contributed by atoms with Gasteiger partial charge in [-0.05, 0) is 32.1 Å². The predicted molar refractivity (Wildman–Crippen MR) is 85.4 cm³/mol. The molecule has 0 fully saturated rings. The van der Waals surface area contributed by atoms with Crippen LogP contribution in [-0.4, -0.2) is 44.0 Å². The Kier molecular flexibility index (Phi) is 7.99. The fraction of sp³-hybridized carbons (Fsp3) is 0.500. The molecule has 0 radical (unpaired) electrons. The zero-order valence-electron chi connectivity index (χ0n) is 13.5. The molecule has 0 saturated carbocycles. The number of rotatable bonds is 8. The molecule has 0 aliphatic heterocycles. The maximum Gasteiger partial charge on any atom is 0.241 e. The molecule has 2 N–H and O–H groups in total. The van der Waals surface area contributed by atoms with Crippen LogP contribution in [0.25, 0.3) is 0 Å². The summed E-state index contributed by atoms with van der Waals surface area (Å²) in [5.41, 5.74) is 5.88. The monoisotopic (exact) mass is 307 g/mol. The molecule has 0 aliphatic carbocycles. The van der Waals surface area contributed by atoms with Crippen LogP contribution >= 0.6 is 0 Å². The number of carbonyl (C=O) groups excluding carboxylic acids is 2. The van der Waals surface area contributed by atoms with Gasteiger partial charge in [-0.2, -0.15) is 0 Å². The Morgan fingerprint density at radius 3 is 2.36 bits per heavy atom. The van der Waals surface area contributed by atoms with E-state index in [4.69, 9.17) is 4.74 Å². The van der Waals surface area contributed by atoms with E-state index in [0.717, 1.165) is 17.7 Å². The second-order valence-electron chi connectivity index (χ2n) is 5.21. The van der Waals surface area contributed by atoms with Gasteiger partial charge in [0.05, 0.1) is 13.0 Å². The molecule has 1 rings (SSSR count). The van der Waals surface area contributed by atoms with Gasteiger partial charge >= 0.3 is 0 Å². The normalized spacial score (nSPS) is 10.4. The van der Waals surface area contributed by atoms with Crippen LogP contribution in [-0.2, 0) is 16.0 Å². The lowest BCUT2D eigenvalue weighted by atomic mass is 10.1. The fourth-order valence-electron chi connectivity index (χ4n) is 1.78. The summed E-state index contributed by atoms with van der Waals surface area (Å²) in [7, 11) is 3.77. The number of hydrazine groups is 1. The molecular weight excluding hydrogens is 282 g/mol. The van der Waals surface area contributed by atoms with Gasteiger partial charge in [0.25, 0.3) is 0 Å². The van der Waals surface area contributed by atoms with Crippen molar-refractivity contribution in [1.82, 2.24) is 15.8 Å². The Hall–Kier alpha value is -2.08. The van der Waals surface area contributed by atoms with E-state index in [1.807, 2.05) is 43.3 Å². The van der Waals surface area contributed by atoms with E-state index in [9.17, 15) is 9.59 Å². The zero-order valence-corrected chi connectivity index (χ0v) is 13.5. The van der Waals surface area contributed by atoms with Crippen LogP contribution in [0.15, 0.2) is 24.3 Å². The molecule has 0 heterocycles. The van der Waals surface area contributed by atoms with Crippen LogP contribution < -0.4 is 15.6 Å². The summed E-state index contributed by atoms with van der Waals surface area (Å²) in [6.07, 6.45) is 1.41. The van der Waals surface area contributed by atoms with Gasteiger partial charge in [-0.1, -0.05) is 25.1 Å². The summed E-state index contributed by atoms with van der Waals surface area (Å²) in [4.78, 5) is 25.0. The fourth-order valence-corrected chi connectivity index (χ4v) is 1.78. The van der Waals surface area contributed by atoms with Gasteiger partial charge in [-0.15, -0.1) is 0 Å². The first-order valence-corrected chi connectivity index (χ1v) is 7.46. The van der Waals surface area contributed by atoms with Crippen molar-refractivity contribution < 1.29 is 14.3 Å². The highest BCUT2D eigenvalue weighted by Crippen LogP contribution is 2.18. The van der Waals surface area contributed by atoms with Crippen molar-refractivity contribution >= 4 is 11.8 Å². The second kappa shape index (κ2) is 9.78. The molecule has 0 aromatic heterocycles. The Bertz CT molecular complexity index is 489. The van der Waals surface area contributed by atoms with Crippen LogP contribution in [0, 0.1) is 0 Å². The number of ether oxygens (including phenoxy) is 1. The Balaban J connectivity index is 2.22. The van der Waals surface area contributed by atoms with Gasteiger partial charge < -0.3 is 9.64 Å². The first-order chi connectivity index (χ1) is 10.5. The smallest absolute Gasteiger partial charge is 0.241 e. The first kappa shape index (κ1) is 18.0. The van der Waals surface area contributed by atoms with Crippen molar-refractivity contribution in [1.29, 1.82) is 0 Å². The molecule has 1 aromatic carbocycles. The molecule has 6 nitrogen and oxygen atoms in total. The predicted octanol–water partition coefficient (Wildman–Crippen LogP) is 1.12. The Labute approximate surface area is 131 Å². The van der Waals surface area contributed by atoms with E-state index < -0.39 is 0 Å². The van der Waals surface area contributed by atoms with E-state index in [1.165, 1.54) is 0 Å². The minimum absolute atomic E-state index is 0.187. The number of benzene rings is 1. The van der Waals surface area contributed by atoms with Crippen LogP contribution in [0.1, 0.15) is 25.3 Å². The maximum atomic E-state index is 11.6. The minimum Gasteiger partial charge on any atom is -0.493 e. The third-order valence-corrected chi connectivity index (χ3v) is 3.07. The molecule has 6 heteroatoms. The SMILES string of the molecule is CCc1ccccc1OCCC(=O)NNC(=O)CCN(C)C. The first-order valence-electron chi connectivity index (χ1n) is 7.46. The molecule has 0 spiro atoms. The largest absolute Gasteiger partial charge is 0.493 e. The van der Waals surface area contributed by atoms with E-state index in [-0.39, 0.29) is 24.8 Å². The molecule has 1 aromatic rings. The number of carbonyl (C=O) groups is 2. The highest BCUT2D eigenvalue weighted by Gasteiger charge is 2.06. The van der Waals surface area contributed by atoms with Crippen LogP contribution in [0.3, 0.4) is 0 Å². The van der Waals surface area contributed by atoms with Crippen molar-refractivity contribution in [2.75, 3.05) is 27.2 Å². The standard InChI is InChI=1S/C16H25N3O3/c1-4-13-7-5-6-8-14(13)22-12-10-16(21)18-17-15(20)9-11-19(2)3/h5-8H,4,9-12H2,1-3H3,(H,17,20)(H,18,21). The molecule has 2 amide bonds. The second-order valence-corrected chi connectivity index (χ2v) is 5.21. The van der Waals surface area contributed by atoms with Gasteiger partial charge in [0.2, 0.25) is 11.8 Å². The van der Waals surface area contributed by atoms with Gasteiger partial charge in [-0.25, -0.2) is 0 Å². The lowest BCUT2D eigenvalue weighted by molar-refractivity contribution is -0.129. The van der Waals surface area contributed by atoms with Gasteiger partial charge in [0.1, 0.15) is 5.75 Å². The molecule has 0 bridgehead atoms. The number of nitrogens with zero attached hydrogens (tertiary/aromatic N) is 1. The zero-order chi connectivity index (χ0) is 16.4. The third-order valence-electron chi connectivity index (χ3n) is 3.07. The highest BCUT2D eigenvalue weighted by atomic mass is 16.5. The molecule has 0 saturated heterocycles. The molecular formula is C16H25N3O3. The number of hydrogen-bond donors (Lipinski definition) is 2. The topological polar surface area (TPSA) is 70.7 Å². The van der Waals surface area contributed by atoms with Crippen molar-refractivity contribution in [2.45, 2.75) is 26.2 Å². The van der Waals surface area contributed by atoms with E-state index in [1.54, 1.807) is 0 Å². The summed E-state index contributed by atoms with van der Waals surface area (Å²) in [5, 5.41) is 0. The van der Waals surface area contributed by atoms with Crippen LogP contribution in [0.4, 0.5) is 0 Å². The lowest BCUT2D eigenvalue weighted by Crippen LogP contribution is -2.42. The van der Waals surface area contributed by atoms with Crippen molar-refractivity contribution in [2.24, 2.45) is 0 Å². The van der Waals surface area contributed by atoms with Crippen molar-refractivity contribution in [3.8, 4) is 5.75 Å². The molecule has 0 atom stereocenters. The van der Waals surface area contributed by atoms with Gasteiger partial charge in [-0.3, -0.25) is 20.4 Å². The molecule has 122 valence electrons. The number of aryl methyl sites for hydroxylation is 1. The average Bonchev–Trinajstić information content (AvgIpc) is 2.51. The number of hydrogen-bond acceptors (Lipinski definition) is 4. The molecule has 0 unspecified atom stereocenters. The van der Waals surface area contributed by atoms with E-state index >= 15 is 0 Å². The van der Waals surface area contributed by atoms with Crippen molar-refractivity contribution in [3.05, 3.63) is 29.8 Å². The summed E-state index contributed by atoms with van der Waals surface area (Å²) in [5.74, 6) is 0.319. The van der Waals surface area contributed by atoms with Gasteiger partial charge in [0.15, 0.2) is 0 Å². The van der Waals surface area contributed by atoms with E-state index in [0.29, 0.717) is 13.0 Å². The Morgan fingerprint density at radius 2 is 1.73 bits per heavy atom. The summed E-state index contributed by atoms with van der Waals surface area (Å²) in [6.45, 7) is 2.97. The molecule has 0 aliphatic rings. The van der Waals surface area contributed by atoms with Crippen LogP contribution in [0.5, 0.6) is 5.75 Å². The summed E-state index contributed by atoms with van der Waals surface area (Å²) in [6, 6.07) is 7.75. The van der Waals surface area contributed by atoms with Gasteiger partial charge in [0, 0.05) is 13.0 Å². The maximum absolute atomic E-state index is 11.6. The Morgan fingerprint density at radius 1 is 1.09 bits per heavy atom. The quantitative estimate of drug-likeness (QED) is 0.706. The lowest BCUT2D eigenvalue weighted by Gasteiger charge is -2.12. The number of nitrogens with one attached hydrogen (secondary N) is 2. The highest BCUT2D eigenvalue weighted by molar-refractivity contribution is 5.82. The summed E-state index contributed by atoms with van der Waals surface area (Å²) >= 11 is 0. The van der Waals surface area contributed by atoms with E-state index in [2.05, 4.69) is 17.8 Å². The number of amides is 2. The molecule has 22 heavy (non-hydrogen) atoms.